The lowest BCUT2D eigenvalue weighted by Crippen LogP contribution is -2.22. The van der Waals surface area contributed by atoms with Gasteiger partial charge in [0.2, 0.25) is 0 Å². The van der Waals surface area contributed by atoms with E-state index in [-0.39, 0.29) is 0 Å². The molecule has 0 amide bonds. The first-order valence-corrected chi connectivity index (χ1v) is 6.56. The van der Waals surface area contributed by atoms with Crippen molar-refractivity contribution in [3.63, 3.8) is 0 Å². The van der Waals surface area contributed by atoms with Gasteiger partial charge >= 0.3 is 0 Å². The number of hydrogen-bond acceptors (Lipinski definition) is 3. The Morgan fingerprint density at radius 1 is 1.53 bits per heavy atom. The molecule has 94 valence electrons. The predicted octanol–water partition coefficient (Wildman–Crippen LogP) is 2.47. The molecule has 1 unspecified atom stereocenters. The molecule has 0 aromatic carbocycles. The van der Waals surface area contributed by atoms with E-state index in [4.69, 9.17) is 4.74 Å². The van der Waals surface area contributed by atoms with Crippen molar-refractivity contribution in [2.75, 3.05) is 13.2 Å². The van der Waals surface area contributed by atoms with Crippen LogP contribution in [0.1, 0.15) is 44.0 Å². The Morgan fingerprint density at radius 3 is 3.24 bits per heavy atom. The van der Waals surface area contributed by atoms with Gasteiger partial charge < -0.3 is 10.1 Å². The largest absolute Gasteiger partial charge is 0.379 e. The number of hydrogen-bond donors (Lipinski definition) is 1. The highest BCUT2D eigenvalue weighted by Gasteiger charge is 2.22. The molecule has 0 bridgehead atoms. The van der Waals surface area contributed by atoms with Crippen LogP contribution in [0.15, 0.2) is 18.3 Å². The lowest BCUT2D eigenvalue weighted by molar-refractivity contribution is 0.0767. The monoisotopic (exact) mass is 234 g/mol. The lowest BCUT2D eigenvalue weighted by atomic mass is 10.2. The van der Waals surface area contributed by atoms with E-state index < -0.39 is 0 Å². The molecule has 1 aromatic rings. The summed E-state index contributed by atoms with van der Waals surface area (Å²) in [7, 11) is 0. The molecule has 1 heterocycles. The summed E-state index contributed by atoms with van der Waals surface area (Å²) in [5, 5.41) is 3.57. The van der Waals surface area contributed by atoms with Gasteiger partial charge in [-0.25, -0.2) is 0 Å². The molecule has 0 radical (unpaired) electrons. The average Bonchev–Trinajstić information content (AvgIpc) is 2.72. The van der Waals surface area contributed by atoms with Crippen LogP contribution in [0.3, 0.4) is 0 Å². The number of nitrogens with zero attached hydrogens (tertiary/aromatic N) is 1. The average molecular weight is 234 g/mol. The Bertz CT molecular complexity index is 352. The number of ether oxygens (including phenoxy) is 1. The molecular weight excluding hydrogens is 212 g/mol. The van der Waals surface area contributed by atoms with Gasteiger partial charge in [-0.3, -0.25) is 4.98 Å². The Labute approximate surface area is 104 Å². The Kier molecular flexibility index (Phi) is 4.51. The van der Waals surface area contributed by atoms with Crippen LogP contribution in [-0.2, 0) is 11.2 Å². The smallest absolute Gasteiger partial charge is 0.0605 e. The standard InChI is InChI=1S/C14H22N2O/c1-11(2)17-10-4-9-15-13-7-6-12-5-3-8-16-14(12)13/h3,5,8,11,13,15H,4,6-7,9-10H2,1-2H3. The minimum Gasteiger partial charge on any atom is -0.379 e. The van der Waals surface area contributed by atoms with Gasteiger partial charge in [0.1, 0.15) is 0 Å². The first kappa shape index (κ1) is 12.5. The fourth-order valence-corrected chi connectivity index (χ4v) is 2.28. The molecule has 3 nitrogen and oxygen atoms in total. The fourth-order valence-electron chi connectivity index (χ4n) is 2.28. The summed E-state index contributed by atoms with van der Waals surface area (Å²) in [6, 6.07) is 4.66. The summed E-state index contributed by atoms with van der Waals surface area (Å²) in [5.41, 5.74) is 2.65. The van der Waals surface area contributed by atoms with Gasteiger partial charge in [-0.2, -0.15) is 0 Å². The minimum absolute atomic E-state index is 0.337. The summed E-state index contributed by atoms with van der Waals surface area (Å²) in [4.78, 5) is 4.47. The molecule has 0 saturated heterocycles. The SMILES string of the molecule is CC(C)OCCCNC1CCc2cccnc21. The zero-order chi connectivity index (χ0) is 12.1. The highest BCUT2D eigenvalue weighted by Crippen LogP contribution is 2.28. The van der Waals surface area contributed by atoms with Crippen molar-refractivity contribution in [2.24, 2.45) is 0 Å². The molecule has 17 heavy (non-hydrogen) atoms. The van der Waals surface area contributed by atoms with Gasteiger partial charge in [-0.15, -0.1) is 0 Å². The third-order valence-electron chi connectivity index (χ3n) is 3.12. The molecule has 0 aliphatic heterocycles. The number of aryl methyl sites for hydroxylation is 1. The van der Waals surface area contributed by atoms with Gasteiger partial charge in [-0.1, -0.05) is 6.07 Å². The van der Waals surface area contributed by atoms with Crippen LogP contribution < -0.4 is 5.32 Å². The van der Waals surface area contributed by atoms with Crippen LogP contribution in [0.25, 0.3) is 0 Å². The molecule has 0 saturated carbocycles. The molecule has 2 rings (SSSR count). The van der Waals surface area contributed by atoms with E-state index in [0.717, 1.165) is 26.0 Å². The maximum atomic E-state index is 5.52. The molecule has 1 aliphatic carbocycles. The summed E-state index contributed by atoms with van der Waals surface area (Å²) in [6.07, 6.45) is 5.63. The topological polar surface area (TPSA) is 34.1 Å². The number of aromatic nitrogens is 1. The Balaban J connectivity index is 1.71. The number of pyridine rings is 1. The highest BCUT2D eigenvalue weighted by atomic mass is 16.5. The lowest BCUT2D eigenvalue weighted by Gasteiger charge is -2.13. The summed E-state index contributed by atoms with van der Waals surface area (Å²) in [5.74, 6) is 0. The van der Waals surface area contributed by atoms with Crippen LogP contribution >= 0.6 is 0 Å². The molecule has 0 fully saturated rings. The van der Waals surface area contributed by atoms with E-state index in [1.807, 2.05) is 12.3 Å². The molecule has 3 heteroatoms. The van der Waals surface area contributed by atoms with Crippen molar-refractivity contribution < 1.29 is 4.74 Å². The zero-order valence-electron chi connectivity index (χ0n) is 10.8. The number of fused-ring (bicyclic) bond motifs is 1. The second kappa shape index (κ2) is 6.12. The van der Waals surface area contributed by atoms with Gasteiger partial charge in [0.15, 0.2) is 0 Å². The van der Waals surface area contributed by atoms with Crippen molar-refractivity contribution in [3.8, 4) is 0 Å². The van der Waals surface area contributed by atoms with Gasteiger partial charge in [0.25, 0.3) is 0 Å². The van der Waals surface area contributed by atoms with Crippen LogP contribution in [0, 0.1) is 0 Å². The maximum absolute atomic E-state index is 5.52. The van der Waals surface area contributed by atoms with E-state index in [1.54, 1.807) is 0 Å². The second-order valence-corrected chi connectivity index (χ2v) is 4.87. The Morgan fingerprint density at radius 2 is 2.41 bits per heavy atom. The van der Waals surface area contributed by atoms with Crippen LogP contribution in [0.2, 0.25) is 0 Å². The van der Waals surface area contributed by atoms with E-state index in [0.29, 0.717) is 12.1 Å². The van der Waals surface area contributed by atoms with Crippen molar-refractivity contribution in [1.29, 1.82) is 0 Å². The number of rotatable bonds is 6. The second-order valence-electron chi connectivity index (χ2n) is 4.87. The third-order valence-corrected chi connectivity index (χ3v) is 3.12. The maximum Gasteiger partial charge on any atom is 0.0605 e. The fraction of sp³-hybridized carbons (Fsp3) is 0.643. The zero-order valence-corrected chi connectivity index (χ0v) is 10.8. The number of nitrogens with one attached hydrogen (secondary N) is 1. The van der Waals surface area contributed by atoms with E-state index in [1.165, 1.54) is 17.7 Å². The van der Waals surface area contributed by atoms with Gasteiger partial charge in [0, 0.05) is 12.8 Å². The van der Waals surface area contributed by atoms with Gasteiger partial charge in [-0.05, 0) is 51.3 Å². The van der Waals surface area contributed by atoms with Gasteiger partial charge in [0.05, 0.1) is 17.8 Å². The summed E-state index contributed by atoms with van der Waals surface area (Å²) < 4.78 is 5.52. The van der Waals surface area contributed by atoms with Crippen molar-refractivity contribution in [2.45, 2.75) is 45.3 Å². The molecule has 1 atom stereocenters. The van der Waals surface area contributed by atoms with Crippen LogP contribution in [0.5, 0.6) is 0 Å². The molecule has 0 spiro atoms. The van der Waals surface area contributed by atoms with E-state index in [2.05, 4.69) is 30.2 Å². The van der Waals surface area contributed by atoms with E-state index in [9.17, 15) is 0 Å². The molecule has 1 N–H and O–H groups in total. The normalized spacial score (nSPS) is 18.6. The first-order valence-electron chi connectivity index (χ1n) is 6.56. The first-order chi connectivity index (χ1) is 8.27. The minimum atomic E-state index is 0.337. The summed E-state index contributed by atoms with van der Waals surface area (Å²) in [6.45, 7) is 6.00. The summed E-state index contributed by atoms with van der Waals surface area (Å²) >= 11 is 0. The highest BCUT2D eigenvalue weighted by molar-refractivity contribution is 5.27. The van der Waals surface area contributed by atoms with E-state index >= 15 is 0 Å². The predicted molar refractivity (Wildman–Crippen MR) is 69.0 cm³/mol. The van der Waals surface area contributed by atoms with Crippen LogP contribution in [0.4, 0.5) is 0 Å². The molecule has 1 aromatic heterocycles. The Hall–Kier alpha value is -0.930. The molecule has 1 aliphatic rings. The van der Waals surface area contributed by atoms with Crippen molar-refractivity contribution in [1.82, 2.24) is 10.3 Å². The molecular formula is C14H22N2O. The third kappa shape index (κ3) is 3.51. The van der Waals surface area contributed by atoms with Crippen molar-refractivity contribution >= 4 is 0 Å². The van der Waals surface area contributed by atoms with Crippen LogP contribution in [-0.4, -0.2) is 24.2 Å². The van der Waals surface area contributed by atoms with Crippen molar-refractivity contribution in [3.05, 3.63) is 29.6 Å². The quantitative estimate of drug-likeness (QED) is 0.768.